The molecule has 2 heterocycles. The van der Waals surface area contributed by atoms with Crippen molar-refractivity contribution in [2.75, 3.05) is 7.05 Å². The number of carbonyl (C=O) groups excluding carboxylic acids is 1. The molecule has 0 aliphatic carbocycles. The van der Waals surface area contributed by atoms with Gasteiger partial charge in [0.15, 0.2) is 5.76 Å². The van der Waals surface area contributed by atoms with Crippen LogP contribution >= 0.6 is 11.3 Å². The van der Waals surface area contributed by atoms with Crippen LogP contribution in [0.3, 0.4) is 0 Å². The molecule has 0 saturated carbocycles. The SMILES string of the molecule is Cc1ccc2scc(C(=O)N(C)Cc3cc(C)no3)c2c1. The predicted molar refractivity (Wildman–Crippen MR) is 83.6 cm³/mol. The number of nitrogens with zero attached hydrogens (tertiary/aromatic N) is 2. The van der Waals surface area contributed by atoms with E-state index in [1.165, 1.54) is 0 Å². The highest BCUT2D eigenvalue weighted by molar-refractivity contribution is 7.17. The summed E-state index contributed by atoms with van der Waals surface area (Å²) in [6.07, 6.45) is 0. The molecule has 0 saturated heterocycles. The van der Waals surface area contributed by atoms with E-state index < -0.39 is 0 Å². The molecule has 108 valence electrons. The summed E-state index contributed by atoms with van der Waals surface area (Å²) in [7, 11) is 1.78. The summed E-state index contributed by atoms with van der Waals surface area (Å²) in [5.74, 6) is 0.694. The summed E-state index contributed by atoms with van der Waals surface area (Å²) >= 11 is 1.60. The van der Waals surface area contributed by atoms with Crippen LogP contribution < -0.4 is 0 Å². The molecule has 0 spiro atoms. The van der Waals surface area contributed by atoms with E-state index in [2.05, 4.69) is 23.4 Å². The number of benzene rings is 1. The van der Waals surface area contributed by atoms with Gasteiger partial charge in [-0.15, -0.1) is 11.3 Å². The Morgan fingerprint density at radius 3 is 2.86 bits per heavy atom. The Morgan fingerprint density at radius 2 is 2.14 bits per heavy atom. The third-order valence-electron chi connectivity index (χ3n) is 3.38. The van der Waals surface area contributed by atoms with Crippen molar-refractivity contribution < 1.29 is 9.32 Å². The minimum absolute atomic E-state index is 0.000836. The first-order valence-electron chi connectivity index (χ1n) is 6.70. The number of thiophene rings is 1. The van der Waals surface area contributed by atoms with Gasteiger partial charge in [-0.25, -0.2) is 0 Å². The summed E-state index contributed by atoms with van der Waals surface area (Å²) in [6, 6.07) is 8.03. The quantitative estimate of drug-likeness (QED) is 0.739. The zero-order valence-corrected chi connectivity index (χ0v) is 13.0. The molecule has 0 aliphatic rings. The summed E-state index contributed by atoms with van der Waals surface area (Å²) in [5, 5.41) is 6.79. The topological polar surface area (TPSA) is 46.3 Å². The molecule has 0 radical (unpaired) electrons. The van der Waals surface area contributed by atoms with Crippen molar-refractivity contribution in [2.24, 2.45) is 0 Å². The molecule has 4 nitrogen and oxygen atoms in total. The van der Waals surface area contributed by atoms with Crippen molar-refractivity contribution in [2.45, 2.75) is 20.4 Å². The van der Waals surface area contributed by atoms with Crippen LogP contribution in [0.5, 0.6) is 0 Å². The van der Waals surface area contributed by atoms with E-state index >= 15 is 0 Å². The zero-order chi connectivity index (χ0) is 15.0. The number of fused-ring (bicyclic) bond motifs is 1. The lowest BCUT2D eigenvalue weighted by molar-refractivity contribution is 0.0774. The highest BCUT2D eigenvalue weighted by Crippen LogP contribution is 2.28. The van der Waals surface area contributed by atoms with Crippen LogP contribution in [0.15, 0.2) is 34.2 Å². The molecular formula is C16H16N2O2S. The second-order valence-corrected chi connectivity index (χ2v) is 6.16. The number of hydrogen-bond donors (Lipinski definition) is 0. The molecule has 1 amide bonds. The molecule has 0 unspecified atom stereocenters. The van der Waals surface area contributed by atoms with Gasteiger partial charge in [-0.05, 0) is 26.0 Å². The van der Waals surface area contributed by atoms with Crippen molar-refractivity contribution in [1.82, 2.24) is 10.1 Å². The molecule has 0 fully saturated rings. The van der Waals surface area contributed by atoms with Crippen molar-refractivity contribution in [3.8, 4) is 0 Å². The number of aromatic nitrogens is 1. The van der Waals surface area contributed by atoms with Crippen molar-refractivity contribution in [3.63, 3.8) is 0 Å². The molecule has 5 heteroatoms. The van der Waals surface area contributed by atoms with E-state index in [0.717, 1.165) is 26.9 Å². The number of carbonyl (C=O) groups is 1. The van der Waals surface area contributed by atoms with Crippen LogP contribution in [0.2, 0.25) is 0 Å². The summed E-state index contributed by atoms with van der Waals surface area (Å²) < 4.78 is 6.30. The van der Waals surface area contributed by atoms with Gasteiger partial charge in [-0.3, -0.25) is 4.79 Å². The van der Waals surface area contributed by atoms with Gasteiger partial charge < -0.3 is 9.42 Å². The first-order valence-corrected chi connectivity index (χ1v) is 7.58. The second kappa shape index (κ2) is 5.33. The molecule has 3 rings (SSSR count). The smallest absolute Gasteiger partial charge is 0.255 e. The van der Waals surface area contributed by atoms with Gasteiger partial charge in [0.2, 0.25) is 0 Å². The molecule has 0 N–H and O–H groups in total. The van der Waals surface area contributed by atoms with Gasteiger partial charge >= 0.3 is 0 Å². The minimum Gasteiger partial charge on any atom is -0.359 e. The molecule has 1 aromatic carbocycles. The van der Waals surface area contributed by atoms with Gasteiger partial charge in [0.25, 0.3) is 5.91 Å². The lowest BCUT2D eigenvalue weighted by Crippen LogP contribution is -2.25. The number of hydrogen-bond acceptors (Lipinski definition) is 4. The van der Waals surface area contributed by atoms with Gasteiger partial charge in [0.1, 0.15) is 0 Å². The number of aryl methyl sites for hydroxylation is 2. The van der Waals surface area contributed by atoms with Crippen LogP contribution in [0.1, 0.15) is 27.4 Å². The van der Waals surface area contributed by atoms with Crippen molar-refractivity contribution in [3.05, 3.63) is 52.2 Å². The zero-order valence-electron chi connectivity index (χ0n) is 12.2. The third kappa shape index (κ3) is 2.69. The maximum atomic E-state index is 12.6. The van der Waals surface area contributed by atoms with Gasteiger partial charge in [0.05, 0.1) is 17.8 Å². The van der Waals surface area contributed by atoms with Crippen molar-refractivity contribution >= 4 is 27.3 Å². The van der Waals surface area contributed by atoms with Crippen LogP contribution in [0.25, 0.3) is 10.1 Å². The largest absolute Gasteiger partial charge is 0.359 e. The van der Waals surface area contributed by atoms with Crippen LogP contribution in [0.4, 0.5) is 0 Å². The normalized spacial score (nSPS) is 11.0. The maximum Gasteiger partial charge on any atom is 0.255 e. The second-order valence-electron chi connectivity index (χ2n) is 5.24. The summed E-state index contributed by atoms with van der Waals surface area (Å²) in [5.41, 5.74) is 2.73. The highest BCUT2D eigenvalue weighted by atomic mass is 32.1. The Kier molecular flexibility index (Phi) is 3.51. The lowest BCUT2D eigenvalue weighted by atomic mass is 10.1. The first-order chi connectivity index (χ1) is 10.0. The monoisotopic (exact) mass is 300 g/mol. The average Bonchev–Trinajstić information content (AvgIpc) is 3.04. The standard InChI is InChI=1S/C16H16N2O2S/c1-10-4-5-15-13(6-10)14(9-21-15)16(19)18(3)8-12-7-11(2)17-20-12/h4-7,9H,8H2,1-3H3. The average molecular weight is 300 g/mol. The number of amides is 1. The fraction of sp³-hybridized carbons (Fsp3) is 0.250. The summed E-state index contributed by atoms with van der Waals surface area (Å²) in [4.78, 5) is 14.3. The van der Waals surface area contributed by atoms with Crippen LogP contribution in [-0.4, -0.2) is 23.0 Å². The van der Waals surface area contributed by atoms with Crippen LogP contribution in [0, 0.1) is 13.8 Å². The number of rotatable bonds is 3. The van der Waals surface area contributed by atoms with Gasteiger partial charge in [0, 0.05) is 28.6 Å². The Bertz CT molecular complexity index is 804. The molecule has 21 heavy (non-hydrogen) atoms. The Morgan fingerprint density at radius 1 is 1.33 bits per heavy atom. The molecule has 3 aromatic rings. The Balaban J connectivity index is 1.87. The molecule has 0 bridgehead atoms. The van der Waals surface area contributed by atoms with E-state index in [9.17, 15) is 4.79 Å². The molecule has 2 aromatic heterocycles. The third-order valence-corrected chi connectivity index (χ3v) is 4.34. The van der Waals surface area contributed by atoms with Crippen molar-refractivity contribution in [1.29, 1.82) is 0 Å². The minimum atomic E-state index is 0.000836. The molecular weight excluding hydrogens is 284 g/mol. The van der Waals surface area contributed by atoms with E-state index in [1.54, 1.807) is 23.3 Å². The Labute approximate surface area is 127 Å². The van der Waals surface area contributed by atoms with E-state index in [1.807, 2.05) is 25.3 Å². The fourth-order valence-electron chi connectivity index (χ4n) is 2.31. The predicted octanol–water partition coefficient (Wildman–Crippen LogP) is 3.78. The maximum absolute atomic E-state index is 12.6. The first kappa shape index (κ1) is 13.8. The van der Waals surface area contributed by atoms with E-state index in [4.69, 9.17) is 4.52 Å². The molecule has 0 atom stereocenters. The summed E-state index contributed by atoms with van der Waals surface area (Å²) in [6.45, 7) is 4.32. The van der Waals surface area contributed by atoms with Crippen LogP contribution in [-0.2, 0) is 6.54 Å². The highest BCUT2D eigenvalue weighted by Gasteiger charge is 2.18. The fourth-order valence-corrected chi connectivity index (χ4v) is 3.23. The Hall–Kier alpha value is -2.14. The van der Waals surface area contributed by atoms with Gasteiger partial charge in [-0.1, -0.05) is 16.8 Å². The molecule has 0 aliphatic heterocycles. The lowest BCUT2D eigenvalue weighted by Gasteiger charge is -2.14. The van der Waals surface area contributed by atoms with Gasteiger partial charge in [-0.2, -0.15) is 0 Å². The van der Waals surface area contributed by atoms with E-state index in [0.29, 0.717) is 12.3 Å². The van der Waals surface area contributed by atoms with E-state index in [-0.39, 0.29) is 5.91 Å².